The van der Waals surface area contributed by atoms with Crippen molar-refractivity contribution in [2.45, 2.75) is 29.9 Å². The monoisotopic (exact) mass is 271 g/mol. The minimum atomic E-state index is -3.63. The summed E-state index contributed by atoms with van der Waals surface area (Å²) in [5.41, 5.74) is 0. The Morgan fingerprint density at radius 2 is 2.22 bits per heavy atom. The fourth-order valence-electron chi connectivity index (χ4n) is 2.63. The molecule has 2 aliphatic rings. The number of ether oxygens (including phenoxy) is 1. The van der Waals surface area contributed by atoms with Crippen molar-refractivity contribution in [3.63, 3.8) is 0 Å². The number of hydrogen-bond acceptors (Lipinski definition) is 3. The van der Waals surface area contributed by atoms with E-state index in [-0.39, 0.29) is 23.0 Å². The van der Waals surface area contributed by atoms with Gasteiger partial charge in [0.15, 0.2) is 0 Å². The van der Waals surface area contributed by atoms with Crippen molar-refractivity contribution < 1.29 is 17.5 Å². The molecule has 18 heavy (non-hydrogen) atoms. The van der Waals surface area contributed by atoms with Gasteiger partial charge in [-0.1, -0.05) is 6.07 Å². The summed E-state index contributed by atoms with van der Waals surface area (Å²) in [6.07, 6.45) is 1.80. The van der Waals surface area contributed by atoms with Gasteiger partial charge in [-0.15, -0.1) is 0 Å². The molecule has 1 saturated carbocycles. The van der Waals surface area contributed by atoms with E-state index in [9.17, 15) is 12.8 Å². The van der Waals surface area contributed by atoms with Crippen LogP contribution in [-0.4, -0.2) is 27.2 Å². The Labute approximate surface area is 105 Å². The lowest BCUT2D eigenvalue weighted by Gasteiger charge is -2.38. The quantitative estimate of drug-likeness (QED) is 0.901. The summed E-state index contributed by atoms with van der Waals surface area (Å²) in [7, 11) is -3.63. The van der Waals surface area contributed by atoms with Crippen LogP contribution >= 0.6 is 0 Å². The summed E-state index contributed by atoms with van der Waals surface area (Å²) in [5.74, 6) is -0.276. The first-order valence-electron chi connectivity index (χ1n) is 5.96. The van der Waals surface area contributed by atoms with Crippen molar-refractivity contribution in [3.8, 4) is 0 Å². The molecule has 1 saturated heterocycles. The van der Waals surface area contributed by atoms with Gasteiger partial charge in [-0.3, -0.25) is 0 Å². The molecule has 0 bridgehead atoms. The number of benzene rings is 1. The van der Waals surface area contributed by atoms with Crippen LogP contribution < -0.4 is 4.72 Å². The van der Waals surface area contributed by atoms with E-state index >= 15 is 0 Å². The standard InChI is InChI=1S/C12H14FNO3S/c13-8-2-1-3-9(6-8)18(15,16)14-11-7-12-10(11)4-5-17-12/h1-3,6,10-12,14H,4-5,7H2/t10-,11+,12+/m0/s1. The van der Waals surface area contributed by atoms with Gasteiger partial charge in [0.25, 0.3) is 0 Å². The molecular weight excluding hydrogens is 257 g/mol. The summed E-state index contributed by atoms with van der Waals surface area (Å²) in [6, 6.07) is 4.97. The second kappa shape index (κ2) is 4.29. The zero-order valence-electron chi connectivity index (χ0n) is 9.67. The number of nitrogens with one attached hydrogen (secondary N) is 1. The highest BCUT2D eigenvalue weighted by atomic mass is 32.2. The van der Waals surface area contributed by atoms with Gasteiger partial charge in [0.2, 0.25) is 10.0 Å². The van der Waals surface area contributed by atoms with Gasteiger partial charge in [-0.25, -0.2) is 17.5 Å². The average Bonchev–Trinajstić information content (AvgIpc) is 2.68. The van der Waals surface area contributed by atoms with Crippen LogP contribution in [0.2, 0.25) is 0 Å². The van der Waals surface area contributed by atoms with Crippen LogP contribution in [0, 0.1) is 11.7 Å². The molecule has 0 unspecified atom stereocenters. The largest absolute Gasteiger partial charge is 0.378 e. The summed E-state index contributed by atoms with van der Waals surface area (Å²) < 4.78 is 45.2. The predicted molar refractivity (Wildman–Crippen MR) is 63.0 cm³/mol. The first-order valence-corrected chi connectivity index (χ1v) is 7.44. The third-order valence-corrected chi connectivity index (χ3v) is 5.16. The Morgan fingerprint density at radius 1 is 1.39 bits per heavy atom. The molecule has 98 valence electrons. The maximum atomic E-state index is 13.0. The van der Waals surface area contributed by atoms with Crippen molar-refractivity contribution in [1.29, 1.82) is 0 Å². The van der Waals surface area contributed by atoms with E-state index in [0.29, 0.717) is 13.0 Å². The maximum Gasteiger partial charge on any atom is 0.240 e. The van der Waals surface area contributed by atoms with E-state index < -0.39 is 15.8 Å². The molecule has 3 rings (SSSR count). The SMILES string of the molecule is O=S(=O)(N[C@@H]1C[C@H]2OCC[C@@H]12)c1cccc(F)c1. The third kappa shape index (κ3) is 2.04. The van der Waals surface area contributed by atoms with E-state index in [2.05, 4.69) is 4.72 Å². The Morgan fingerprint density at radius 3 is 2.94 bits per heavy atom. The van der Waals surface area contributed by atoms with E-state index in [4.69, 9.17) is 4.74 Å². The molecule has 6 heteroatoms. The summed E-state index contributed by atoms with van der Waals surface area (Å²) in [4.78, 5) is -0.0233. The molecule has 0 spiro atoms. The van der Waals surface area contributed by atoms with Crippen LogP contribution in [0.4, 0.5) is 4.39 Å². The number of sulfonamides is 1. The average molecular weight is 271 g/mol. The van der Waals surface area contributed by atoms with E-state index in [0.717, 1.165) is 12.5 Å². The molecule has 1 aliphatic heterocycles. The third-order valence-electron chi connectivity index (χ3n) is 3.68. The van der Waals surface area contributed by atoms with Crippen LogP contribution in [0.3, 0.4) is 0 Å². The normalized spacial score (nSPS) is 30.8. The van der Waals surface area contributed by atoms with Crippen LogP contribution in [0.15, 0.2) is 29.2 Å². The molecule has 1 aliphatic carbocycles. The van der Waals surface area contributed by atoms with Crippen LogP contribution in [-0.2, 0) is 14.8 Å². The van der Waals surface area contributed by atoms with Crippen LogP contribution in [0.25, 0.3) is 0 Å². The summed E-state index contributed by atoms with van der Waals surface area (Å²) in [6.45, 7) is 0.702. The fraction of sp³-hybridized carbons (Fsp3) is 0.500. The Kier molecular flexibility index (Phi) is 2.88. The molecule has 1 heterocycles. The molecule has 3 atom stereocenters. The minimum Gasteiger partial charge on any atom is -0.378 e. The first kappa shape index (κ1) is 12.1. The topological polar surface area (TPSA) is 55.4 Å². The lowest BCUT2D eigenvalue weighted by molar-refractivity contribution is 0.0143. The van der Waals surface area contributed by atoms with E-state index in [1.54, 1.807) is 0 Å². The van der Waals surface area contributed by atoms with Gasteiger partial charge in [0.1, 0.15) is 5.82 Å². The maximum absolute atomic E-state index is 13.0. The number of hydrogen-bond donors (Lipinski definition) is 1. The van der Waals surface area contributed by atoms with E-state index in [1.807, 2.05) is 0 Å². The van der Waals surface area contributed by atoms with Crippen molar-refractivity contribution >= 4 is 10.0 Å². The molecule has 0 amide bonds. The lowest BCUT2D eigenvalue weighted by atomic mass is 9.77. The molecule has 1 aromatic carbocycles. The summed E-state index contributed by atoms with van der Waals surface area (Å²) >= 11 is 0. The van der Waals surface area contributed by atoms with Crippen molar-refractivity contribution in [1.82, 2.24) is 4.72 Å². The van der Waals surface area contributed by atoms with Crippen molar-refractivity contribution in [3.05, 3.63) is 30.1 Å². The Bertz CT molecular complexity index is 560. The molecule has 0 aromatic heterocycles. The highest BCUT2D eigenvalue weighted by Crippen LogP contribution is 2.39. The van der Waals surface area contributed by atoms with Gasteiger partial charge in [-0.05, 0) is 31.0 Å². The molecule has 1 N–H and O–H groups in total. The molecule has 1 aromatic rings. The number of halogens is 1. The smallest absolute Gasteiger partial charge is 0.240 e. The Balaban J connectivity index is 1.75. The highest BCUT2D eigenvalue weighted by Gasteiger charge is 2.46. The molecular formula is C12H14FNO3S. The first-order chi connectivity index (χ1) is 8.56. The number of rotatable bonds is 3. The molecule has 0 radical (unpaired) electrons. The fourth-order valence-corrected chi connectivity index (χ4v) is 3.97. The van der Waals surface area contributed by atoms with Gasteiger partial charge in [0.05, 0.1) is 11.0 Å². The van der Waals surface area contributed by atoms with Gasteiger partial charge < -0.3 is 4.74 Å². The predicted octanol–water partition coefficient (Wildman–Crippen LogP) is 1.28. The Hall–Kier alpha value is -0.980. The summed E-state index contributed by atoms with van der Waals surface area (Å²) in [5, 5.41) is 0. The lowest BCUT2D eigenvalue weighted by Crippen LogP contribution is -2.53. The molecule has 2 fully saturated rings. The minimum absolute atomic E-state index is 0.0233. The van der Waals surface area contributed by atoms with Gasteiger partial charge in [-0.2, -0.15) is 0 Å². The second-order valence-electron chi connectivity index (χ2n) is 4.78. The zero-order valence-corrected chi connectivity index (χ0v) is 10.5. The van der Waals surface area contributed by atoms with Gasteiger partial charge >= 0.3 is 0 Å². The van der Waals surface area contributed by atoms with Crippen LogP contribution in [0.1, 0.15) is 12.8 Å². The van der Waals surface area contributed by atoms with Crippen LogP contribution in [0.5, 0.6) is 0 Å². The zero-order chi connectivity index (χ0) is 12.8. The molecule has 4 nitrogen and oxygen atoms in total. The number of fused-ring (bicyclic) bond motifs is 1. The van der Waals surface area contributed by atoms with Gasteiger partial charge in [0, 0.05) is 18.6 Å². The second-order valence-corrected chi connectivity index (χ2v) is 6.50. The highest BCUT2D eigenvalue weighted by molar-refractivity contribution is 7.89. The van der Waals surface area contributed by atoms with Crippen molar-refractivity contribution in [2.75, 3.05) is 6.61 Å². The van der Waals surface area contributed by atoms with Crippen molar-refractivity contribution in [2.24, 2.45) is 5.92 Å². The van der Waals surface area contributed by atoms with E-state index in [1.165, 1.54) is 18.2 Å².